The van der Waals surface area contributed by atoms with E-state index in [-0.39, 0.29) is 0 Å². The number of methoxy groups -OCH3 is 1. The number of ether oxygens (including phenoxy) is 1. The molecule has 1 aromatic heterocycles. The summed E-state index contributed by atoms with van der Waals surface area (Å²) in [6, 6.07) is 14.6. The Morgan fingerprint density at radius 1 is 1.00 bits per heavy atom. The summed E-state index contributed by atoms with van der Waals surface area (Å²) in [6.45, 7) is 3.48. The highest BCUT2D eigenvalue weighted by Gasteiger charge is 2.06. The van der Waals surface area contributed by atoms with Crippen molar-refractivity contribution in [2.75, 3.05) is 20.3 Å². The van der Waals surface area contributed by atoms with Gasteiger partial charge < -0.3 is 4.74 Å². The molecule has 19 heavy (non-hydrogen) atoms. The lowest BCUT2D eigenvalue weighted by atomic mass is 10.2. The van der Waals surface area contributed by atoms with Crippen LogP contribution in [0.3, 0.4) is 0 Å². The lowest BCUT2D eigenvalue weighted by Crippen LogP contribution is -2.26. The first-order valence-corrected chi connectivity index (χ1v) is 6.52. The molecule has 0 fully saturated rings. The predicted molar refractivity (Wildman–Crippen MR) is 76.7 cm³/mol. The van der Waals surface area contributed by atoms with Crippen LogP contribution >= 0.6 is 0 Å². The summed E-state index contributed by atoms with van der Waals surface area (Å²) in [7, 11) is 1.74. The van der Waals surface area contributed by atoms with Crippen LogP contribution in [-0.2, 0) is 17.8 Å². The molecule has 0 atom stereocenters. The van der Waals surface area contributed by atoms with Crippen LogP contribution in [0.15, 0.2) is 54.9 Å². The molecule has 1 heterocycles. The van der Waals surface area contributed by atoms with E-state index in [4.69, 9.17) is 4.74 Å². The first kappa shape index (κ1) is 13.7. The maximum Gasteiger partial charge on any atom is 0.0589 e. The Morgan fingerprint density at radius 2 is 1.74 bits per heavy atom. The average Bonchev–Trinajstić information content (AvgIpc) is 2.47. The van der Waals surface area contributed by atoms with Gasteiger partial charge in [-0.05, 0) is 17.2 Å². The molecule has 3 heteroatoms. The van der Waals surface area contributed by atoms with Crippen LogP contribution in [0.4, 0.5) is 0 Å². The molecule has 2 rings (SSSR count). The molecule has 0 unspecified atom stereocenters. The summed E-state index contributed by atoms with van der Waals surface area (Å²) in [5, 5.41) is 0. The Morgan fingerprint density at radius 3 is 2.42 bits per heavy atom. The van der Waals surface area contributed by atoms with Gasteiger partial charge in [-0.15, -0.1) is 0 Å². The third-order valence-corrected chi connectivity index (χ3v) is 2.99. The van der Waals surface area contributed by atoms with Gasteiger partial charge in [0.1, 0.15) is 0 Å². The molecule has 3 nitrogen and oxygen atoms in total. The number of benzene rings is 1. The number of hydrogen-bond acceptors (Lipinski definition) is 3. The highest BCUT2D eigenvalue weighted by atomic mass is 16.5. The molecule has 0 spiro atoms. The van der Waals surface area contributed by atoms with Crippen LogP contribution in [0, 0.1) is 0 Å². The van der Waals surface area contributed by atoms with Gasteiger partial charge in [0.05, 0.1) is 6.61 Å². The van der Waals surface area contributed by atoms with Crippen LogP contribution in [0.5, 0.6) is 0 Å². The Labute approximate surface area is 114 Å². The number of aromatic nitrogens is 1. The van der Waals surface area contributed by atoms with E-state index in [0.717, 1.165) is 26.2 Å². The second kappa shape index (κ2) is 7.67. The van der Waals surface area contributed by atoms with Gasteiger partial charge in [0, 0.05) is 39.1 Å². The molecule has 1 aromatic carbocycles. The summed E-state index contributed by atoms with van der Waals surface area (Å²) in [4.78, 5) is 6.54. The van der Waals surface area contributed by atoms with Gasteiger partial charge in [-0.2, -0.15) is 0 Å². The first-order valence-electron chi connectivity index (χ1n) is 6.52. The van der Waals surface area contributed by atoms with E-state index in [1.807, 2.05) is 18.3 Å². The molecule has 0 aliphatic heterocycles. The SMILES string of the molecule is COCCN(Cc1ccccc1)Cc1cccnc1. The van der Waals surface area contributed by atoms with Gasteiger partial charge in [0.15, 0.2) is 0 Å². The molecule has 0 N–H and O–H groups in total. The van der Waals surface area contributed by atoms with Crippen LogP contribution in [0.25, 0.3) is 0 Å². The molecule has 0 aliphatic rings. The lowest BCUT2D eigenvalue weighted by molar-refractivity contribution is 0.140. The minimum absolute atomic E-state index is 0.743. The summed E-state index contributed by atoms with van der Waals surface area (Å²) in [5.74, 6) is 0. The fourth-order valence-electron chi connectivity index (χ4n) is 2.03. The summed E-state index contributed by atoms with van der Waals surface area (Å²) < 4.78 is 5.19. The number of pyridine rings is 1. The molecule has 2 aromatic rings. The Kier molecular flexibility index (Phi) is 5.53. The Balaban J connectivity index is 1.99. The van der Waals surface area contributed by atoms with E-state index in [9.17, 15) is 0 Å². The van der Waals surface area contributed by atoms with Crippen molar-refractivity contribution in [3.8, 4) is 0 Å². The fraction of sp³-hybridized carbons (Fsp3) is 0.312. The third kappa shape index (κ3) is 4.81. The molecular formula is C16H20N2O. The molecule has 0 saturated carbocycles. The van der Waals surface area contributed by atoms with Crippen molar-refractivity contribution < 1.29 is 4.74 Å². The van der Waals surface area contributed by atoms with Crippen molar-refractivity contribution in [1.29, 1.82) is 0 Å². The van der Waals surface area contributed by atoms with Crippen molar-refractivity contribution in [2.45, 2.75) is 13.1 Å². The summed E-state index contributed by atoms with van der Waals surface area (Å²) in [6.07, 6.45) is 3.73. The van der Waals surface area contributed by atoms with E-state index in [2.05, 4.69) is 40.2 Å². The van der Waals surface area contributed by atoms with Crippen molar-refractivity contribution in [1.82, 2.24) is 9.88 Å². The smallest absolute Gasteiger partial charge is 0.0589 e. The van der Waals surface area contributed by atoms with Crippen molar-refractivity contribution >= 4 is 0 Å². The van der Waals surface area contributed by atoms with Gasteiger partial charge in [0.25, 0.3) is 0 Å². The number of rotatable bonds is 7. The monoisotopic (exact) mass is 256 g/mol. The molecule has 0 aliphatic carbocycles. The van der Waals surface area contributed by atoms with Crippen molar-refractivity contribution in [2.24, 2.45) is 0 Å². The topological polar surface area (TPSA) is 25.4 Å². The minimum Gasteiger partial charge on any atom is -0.383 e. The van der Waals surface area contributed by atoms with Crippen LogP contribution < -0.4 is 0 Å². The van der Waals surface area contributed by atoms with Crippen LogP contribution in [-0.4, -0.2) is 30.1 Å². The largest absolute Gasteiger partial charge is 0.383 e. The second-order valence-corrected chi connectivity index (χ2v) is 4.55. The Hall–Kier alpha value is -1.71. The molecule has 0 bridgehead atoms. The average molecular weight is 256 g/mol. The van der Waals surface area contributed by atoms with E-state index >= 15 is 0 Å². The molecule has 0 radical (unpaired) electrons. The minimum atomic E-state index is 0.743. The normalized spacial score (nSPS) is 10.8. The molecule has 100 valence electrons. The standard InChI is InChI=1S/C16H20N2O/c1-19-11-10-18(13-15-6-3-2-4-7-15)14-16-8-5-9-17-12-16/h2-9,12H,10-11,13-14H2,1H3. The van der Waals surface area contributed by atoms with Crippen LogP contribution in [0.2, 0.25) is 0 Å². The zero-order valence-electron chi connectivity index (χ0n) is 11.3. The lowest BCUT2D eigenvalue weighted by Gasteiger charge is -2.22. The second-order valence-electron chi connectivity index (χ2n) is 4.55. The quantitative estimate of drug-likeness (QED) is 0.761. The highest BCUT2D eigenvalue weighted by molar-refractivity contribution is 5.15. The van der Waals surface area contributed by atoms with Gasteiger partial charge in [-0.25, -0.2) is 0 Å². The third-order valence-electron chi connectivity index (χ3n) is 2.99. The zero-order valence-corrected chi connectivity index (χ0v) is 11.3. The maximum atomic E-state index is 5.19. The Bertz CT molecular complexity index is 417. The van der Waals surface area contributed by atoms with Gasteiger partial charge in [-0.3, -0.25) is 9.88 Å². The first-order chi connectivity index (χ1) is 9.38. The van der Waals surface area contributed by atoms with Crippen molar-refractivity contribution in [3.63, 3.8) is 0 Å². The van der Waals surface area contributed by atoms with Crippen molar-refractivity contribution in [3.05, 3.63) is 66.0 Å². The molecule has 0 amide bonds. The van der Waals surface area contributed by atoms with Crippen LogP contribution in [0.1, 0.15) is 11.1 Å². The van der Waals surface area contributed by atoms with Gasteiger partial charge in [-0.1, -0.05) is 36.4 Å². The maximum absolute atomic E-state index is 5.19. The zero-order chi connectivity index (χ0) is 13.3. The fourth-order valence-corrected chi connectivity index (χ4v) is 2.03. The summed E-state index contributed by atoms with van der Waals surface area (Å²) in [5.41, 5.74) is 2.55. The van der Waals surface area contributed by atoms with E-state index in [0.29, 0.717) is 0 Å². The number of nitrogens with zero attached hydrogens (tertiary/aromatic N) is 2. The summed E-state index contributed by atoms with van der Waals surface area (Å²) >= 11 is 0. The van der Waals surface area contributed by atoms with E-state index in [1.165, 1.54) is 11.1 Å². The highest BCUT2D eigenvalue weighted by Crippen LogP contribution is 2.08. The molecular weight excluding hydrogens is 236 g/mol. The molecule has 0 saturated heterocycles. The van der Waals surface area contributed by atoms with Gasteiger partial charge in [0.2, 0.25) is 0 Å². The predicted octanol–water partition coefficient (Wildman–Crippen LogP) is 2.73. The number of hydrogen-bond donors (Lipinski definition) is 0. The van der Waals surface area contributed by atoms with E-state index < -0.39 is 0 Å². The van der Waals surface area contributed by atoms with E-state index in [1.54, 1.807) is 13.3 Å². The van der Waals surface area contributed by atoms with Gasteiger partial charge >= 0.3 is 0 Å².